The standard InChI is InChI=1S/C81H158O17P2/c1-7-9-11-13-15-17-19-21-23-25-26-27-28-29-31-33-35-40-46-53-59-65-80(85)97-76(69-91-78(83)63-57-51-45-39-34-32-30-24-22-20-18-16-14-12-10-8-2)71-95-99(87,88)93-67-75(82)68-94-100(89,90)96-72-77(70-92-79(84)64-58-52-48-42-44-50-56-62-74(5)6)98-81(86)66-60-54-47-41-37-36-38-43-49-55-61-73(3)4/h73-77,82H,7-72H2,1-6H3,(H,87,88)(H,89,90)/t75-,76-,77-/m1/s1. The number of phosphoric ester groups is 2. The number of aliphatic hydroxyl groups is 1. The van der Waals surface area contributed by atoms with Crippen LogP contribution in [0, 0.1) is 11.8 Å². The maximum absolute atomic E-state index is 13.1. The second kappa shape index (κ2) is 72.6. The second-order valence-corrected chi connectivity index (χ2v) is 33.0. The number of carbonyl (C=O) groups is 4. The third-order valence-corrected chi connectivity index (χ3v) is 20.9. The summed E-state index contributed by atoms with van der Waals surface area (Å²) in [5.41, 5.74) is 0. The van der Waals surface area contributed by atoms with Gasteiger partial charge in [-0.15, -0.1) is 0 Å². The van der Waals surface area contributed by atoms with E-state index in [1.54, 1.807) is 0 Å². The number of ether oxygens (including phenoxy) is 4. The van der Waals surface area contributed by atoms with E-state index in [0.29, 0.717) is 31.6 Å². The van der Waals surface area contributed by atoms with Crippen molar-refractivity contribution in [3.8, 4) is 0 Å². The van der Waals surface area contributed by atoms with E-state index < -0.39 is 97.5 Å². The smallest absolute Gasteiger partial charge is 0.462 e. The molecule has 0 aliphatic heterocycles. The molecule has 17 nitrogen and oxygen atoms in total. The first-order chi connectivity index (χ1) is 48.4. The molecule has 0 aromatic heterocycles. The Morgan fingerprint density at radius 3 is 0.680 bits per heavy atom. The predicted octanol–water partition coefficient (Wildman–Crippen LogP) is 24.3. The van der Waals surface area contributed by atoms with Crippen molar-refractivity contribution in [2.24, 2.45) is 11.8 Å². The lowest BCUT2D eigenvalue weighted by Gasteiger charge is -2.21. The Morgan fingerprint density at radius 2 is 0.460 bits per heavy atom. The SMILES string of the molecule is CCCCCCCCCCCCCCCCCCCCCCCC(=O)O[C@H](COC(=O)CCCCCCCCCCCCCCCCCC)COP(=O)(O)OC[C@@H](O)COP(=O)(O)OC[C@@H](COC(=O)CCCCCCCCCC(C)C)OC(=O)CCCCCCCCCCCCC(C)C. The molecular formula is C81H158O17P2. The summed E-state index contributed by atoms with van der Waals surface area (Å²) in [4.78, 5) is 73.0. The third-order valence-electron chi connectivity index (χ3n) is 19.0. The first-order valence-corrected chi connectivity index (χ1v) is 45.0. The molecule has 0 saturated heterocycles. The number of unbranched alkanes of at least 4 members (excludes halogenated alkanes) is 50. The molecule has 5 atom stereocenters. The van der Waals surface area contributed by atoms with Gasteiger partial charge in [-0.1, -0.05) is 375 Å². The topological polar surface area (TPSA) is 237 Å². The Bertz CT molecular complexity index is 1920. The third kappa shape index (κ3) is 74.3. The van der Waals surface area contributed by atoms with E-state index in [0.717, 1.165) is 102 Å². The van der Waals surface area contributed by atoms with Gasteiger partial charge in [0.2, 0.25) is 0 Å². The molecule has 0 aromatic rings. The molecule has 0 aliphatic carbocycles. The fourth-order valence-electron chi connectivity index (χ4n) is 12.5. The first-order valence-electron chi connectivity index (χ1n) is 42.0. The van der Waals surface area contributed by atoms with Gasteiger partial charge in [0, 0.05) is 25.7 Å². The molecule has 594 valence electrons. The zero-order valence-corrected chi connectivity index (χ0v) is 67.3. The van der Waals surface area contributed by atoms with E-state index in [1.807, 2.05) is 0 Å². The molecule has 100 heavy (non-hydrogen) atoms. The van der Waals surface area contributed by atoms with Crippen molar-refractivity contribution in [3.63, 3.8) is 0 Å². The van der Waals surface area contributed by atoms with Gasteiger partial charge in [0.25, 0.3) is 0 Å². The minimum atomic E-state index is -4.96. The molecule has 3 N–H and O–H groups in total. The van der Waals surface area contributed by atoms with Crippen LogP contribution in [-0.2, 0) is 65.4 Å². The van der Waals surface area contributed by atoms with Crippen LogP contribution in [0.3, 0.4) is 0 Å². The molecule has 0 aliphatic rings. The van der Waals surface area contributed by atoms with Gasteiger partial charge < -0.3 is 33.8 Å². The van der Waals surface area contributed by atoms with Crippen molar-refractivity contribution in [1.82, 2.24) is 0 Å². The fourth-order valence-corrected chi connectivity index (χ4v) is 14.1. The normalized spacial score (nSPS) is 13.9. The summed E-state index contributed by atoms with van der Waals surface area (Å²) in [5, 5.41) is 10.6. The van der Waals surface area contributed by atoms with E-state index in [9.17, 15) is 43.2 Å². The van der Waals surface area contributed by atoms with E-state index in [4.69, 9.17) is 37.0 Å². The number of carbonyl (C=O) groups excluding carboxylic acids is 4. The van der Waals surface area contributed by atoms with Crippen molar-refractivity contribution in [2.45, 2.75) is 445 Å². The summed E-state index contributed by atoms with van der Waals surface area (Å²) in [6, 6.07) is 0. The zero-order valence-electron chi connectivity index (χ0n) is 65.5. The van der Waals surface area contributed by atoms with E-state index in [2.05, 4.69) is 41.5 Å². The van der Waals surface area contributed by atoms with Crippen molar-refractivity contribution in [2.75, 3.05) is 39.6 Å². The fraction of sp³-hybridized carbons (Fsp3) is 0.951. The van der Waals surface area contributed by atoms with Gasteiger partial charge in [0.1, 0.15) is 19.3 Å². The number of aliphatic hydroxyl groups excluding tert-OH is 1. The predicted molar refractivity (Wildman–Crippen MR) is 409 cm³/mol. The van der Waals surface area contributed by atoms with E-state index in [1.165, 1.54) is 238 Å². The van der Waals surface area contributed by atoms with Crippen LogP contribution in [0.4, 0.5) is 0 Å². The van der Waals surface area contributed by atoms with Gasteiger partial charge in [0.15, 0.2) is 12.2 Å². The Morgan fingerprint density at radius 1 is 0.270 bits per heavy atom. The zero-order chi connectivity index (χ0) is 73.5. The van der Waals surface area contributed by atoms with Crippen LogP contribution in [0.5, 0.6) is 0 Å². The Balaban J connectivity index is 5.22. The molecule has 0 radical (unpaired) electrons. The molecule has 0 rings (SSSR count). The maximum atomic E-state index is 13.1. The molecule has 19 heteroatoms. The van der Waals surface area contributed by atoms with E-state index in [-0.39, 0.29) is 25.7 Å². The highest BCUT2D eigenvalue weighted by Crippen LogP contribution is 2.45. The van der Waals surface area contributed by atoms with Gasteiger partial charge >= 0.3 is 39.5 Å². The Labute approximate surface area is 613 Å². The Hall–Kier alpha value is -1.94. The highest BCUT2D eigenvalue weighted by Gasteiger charge is 2.30. The molecule has 0 aromatic carbocycles. The van der Waals surface area contributed by atoms with Crippen LogP contribution < -0.4 is 0 Å². The summed E-state index contributed by atoms with van der Waals surface area (Å²) in [6.07, 6.45) is 62.6. The molecule has 0 bridgehead atoms. The summed E-state index contributed by atoms with van der Waals surface area (Å²) >= 11 is 0. The Kier molecular flexibility index (Phi) is 71.2. The summed E-state index contributed by atoms with van der Waals surface area (Å²) in [5.74, 6) is -0.654. The lowest BCUT2D eigenvalue weighted by Crippen LogP contribution is -2.30. The van der Waals surface area contributed by atoms with Crippen LogP contribution in [-0.4, -0.2) is 96.7 Å². The molecule has 2 unspecified atom stereocenters. The number of esters is 4. The molecule has 0 spiro atoms. The number of rotatable bonds is 80. The lowest BCUT2D eigenvalue weighted by atomic mass is 10.0. The van der Waals surface area contributed by atoms with Crippen LogP contribution in [0.15, 0.2) is 0 Å². The van der Waals surface area contributed by atoms with E-state index >= 15 is 0 Å². The quantitative estimate of drug-likeness (QED) is 0.0222. The van der Waals surface area contributed by atoms with Crippen LogP contribution >= 0.6 is 15.6 Å². The average Bonchev–Trinajstić information content (AvgIpc) is 0.932. The maximum Gasteiger partial charge on any atom is 0.472 e. The van der Waals surface area contributed by atoms with Crippen molar-refractivity contribution < 1.29 is 80.2 Å². The molecule has 0 fully saturated rings. The summed E-state index contributed by atoms with van der Waals surface area (Å²) in [7, 11) is -9.92. The van der Waals surface area contributed by atoms with Crippen LogP contribution in [0.25, 0.3) is 0 Å². The molecule has 0 saturated carbocycles. The lowest BCUT2D eigenvalue weighted by molar-refractivity contribution is -0.161. The number of hydrogen-bond acceptors (Lipinski definition) is 15. The highest BCUT2D eigenvalue weighted by atomic mass is 31.2. The second-order valence-electron chi connectivity index (χ2n) is 30.1. The number of hydrogen-bond donors (Lipinski definition) is 3. The average molecular weight is 1470 g/mol. The minimum Gasteiger partial charge on any atom is -0.462 e. The molecule has 0 heterocycles. The van der Waals surface area contributed by atoms with Gasteiger partial charge in [0.05, 0.1) is 26.4 Å². The molecular weight excluding hydrogens is 1310 g/mol. The molecule has 0 amide bonds. The van der Waals surface area contributed by atoms with Crippen LogP contribution in [0.1, 0.15) is 427 Å². The van der Waals surface area contributed by atoms with Crippen molar-refractivity contribution in [3.05, 3.63) is 0 Å². The van der Waals surface area contributed by atoms with Gasteiger partial charge in [-0.2, -0.15) is 0 Å². The van der Waals surface area contributed by atoms with Gasteiger partial charge in [-0.3, -0.25) is 37.3 Å². The number of phosphoric acid groups is 2. The summed E-state index contributed by atoms with van der Waals surface area (Å²) in [6.45, 7) is 9.56. The monoisotopic (exact) mass is 1470 g/mol. The van der Waals surface area contributed by atoms with Crippen LogP contribution in [0.2, 0.25) is 0 Å². The van der Waals surface area contributed by atoms with Gasteiger partial charge in [-0.25, -0.2) is 9.13 Å². The first kappa shape index (κ1) is 98.1. The largest absolute Gasteiger partial charge is 0.472 e. The van der Waals surface area contributed by atoms with Crippen molar-refractivity contribution >= 4 is 39.5 Å². The minimum absolute atomic E-state index is 0.105. The summed E-state index contributed by atoms with van der Waals surface area (Å²) < 4.78 is 68.7. The van der Waals surface area contributed by atoms with Gasteiger partial charge in [-0.05, 0) is 37.5 Å². The van der Waals surface area contributed by atoms with Crippen molar-refractivity contribution in [1.29, 1.82) is 0 Å². The highest BCUT2D eigenvalue weighted by molar-refractivity contribution is 7.47.